The van der Waals surface area contributed by atoms with E-state index in [4.69, 9.17) is 9.84 Å². The van der Waals surface area contributed by atoms with Crippen LogP contribution in [0.1, 0.15) is 21.5 Å². The molecule has 1 amide bonds. The quantitative estimate of drug-likeness (QED) is 0.372. The van der Waals surface area contributed by atoms with Crippen LogP contribution in [0, 0.1) is 18.8 Å². The van der Waals surface area contributed by atoms with Crippen LogP contribution in [-0.4, -0.2) is 55.1 Å². The third-order valence-electron chi connectivity index (χ3n) is 5.74. The number of carbonyl (C=O) groups is 2. The number of nitrogens with one attached hydrogen (secondary N) is 1. The molecule has 10 nitrogen and oxygen atoms in total. The molecule has 37 heavy (non-hydrogen) atoms. The highest BCUT2D eigenvalue weighted by Crippen LogP contribution is 2.24. The zero-order chi connectivity index (χ0) is 25.9. The Labute approximate surface area is 211 Å². The smallest absolute Gasteiger partial charge is 0.508 e. The Hall–Kier alpha value is -5.30. The number of hydrogen-bond donors (Lipinski definition) is 3. The first-order chi connectivity index (χ1) is 17.9. The Morgan fingerprint density at radius 1 is 1.22 bits per heavy atom. The lowest BCUT2D eigenvalue weighted by Gasteiger charge is -2.23. The van der Waals surface area contributed by atoms with E-state index in [0.717, 1.165) is 5.56 Å². The van der Waals surface area contributed by atoms with Gasteiger partial charge in [-0.25, -0.2) is 9.78 Å². The second kappa shape index (κ2) is 9.75. The molecule has 3 heterocycles. The summed E-state index contributed by atoms with van der Waals surface area (Å²) in [5.74, 6) is 6.52. The van der Waals surface area contributed by atoms with Crippen LogP contribution in [0.25, 0.3) is 5.69 Å². The van der Waals surface area contributed by atoms with E-state index < -0.39 is 6.16 Å². The van der Waals surface area contributed by atoms with Crippen molar-refractivity contribution < 1.29 is 24.5 Å². The van der Waals surface area contributed by atoms with E-state index in [-0.39, 0.29) is 23.5 Å². The van der Waals surface area contributed by atoms with E-state index in [0.29, 0.717) is 34.9 Å². The Kier molecular flexibility index (Phi) is 6.18. The number of allylic oxidation sites excluding steroid dienone is 2. The lowest BCUT2D eigenvalue weighted by Crippen LogP contribution is -2.34. The number of nitrogens with zero attached hydrogens (tertiary/aromatic N) is 4. The van der Waals surface area contributed by atoms with Gasteiger partial charge in [-0.2, -0.15) is 0 Å². The van der Waals surface area contributed by atoms with Crippen molar-refractivity contribution in [3.05, 3.63) is 95.9 Å². The second-order valence-electron chi connectivity index (χ2n) is 8.29. The van der Waals surface area contributed by atoms with Crippen LogP contribution >= 0.6 is 0 Å². The zero-order valence-electron chi connectivity index (χ0n) is 19.6. The van der Waals surface area contributed by atoms with Gasteiger partial charge in [-0.05, 0) is 42.8 Å². The summed E-state index contributed by atoms with van der Waals surface area (Å²) >= 11 is 0. The Balaban J connectivity index is 1.33. The van der Waals surface area contributed by atoms with Crippen molar-refractivity contribution in [1.29, 1.82) is 0 Å². The maximum absolute atomic E-state index is 13.0. The molecule has 3 N–H and O–H groups in total. The zero-order valence-corrected chi connectivity index (χ0v) is 19.6. The summed E-state index contributed by atoms with van der Waals surface area (Å²) < 4.78 is 6.52. The first-order valence-corrected chi connectivity index (χ1v) is 11.3. The summed E-state index contributed by atoms with van der Waals surface area (Å²) in [5, 5.41) is 21.9. The molecule has 0 spiro atoms. The Morgan fingerprint density at radius 2 is 2.08 bits per heavy atom. The molecule has 0 saturated carbocycles. The van der Waals surface area contributed by atoms with Crippen molar-refractivity contribution >= 4 is 23.6 Å². The number of hydrogen-bond acceptors (Lipinski definition) is 7. The molecule has 2 aliphatic rings. The number of carboxylic acid groups (broad SMARTS) is 1. The average molecular weight is 495 g/mol. The van der Waals surface area contributed by atoms with Gasteiger partial charge < -0.3 is 29.7 Å². The number of ether oxygens (including phenoxy) is 1. The fraction of sp³-hybridized carbons (Fsp3) is 0.111. The molecule has 10 heteroatoms. The number of anilines is 1. The van der Waals surface area contributed by atoms with E-state index in [1.54, 1.807) is 64.7 Å². The number of fused-ring (bicyclic) bond motifs is 1. The van der Waals surface area contributed by atoms with Crippen LogP contribution in [-0.2, 0) is 4.74 Å². The number of aromatic hydroxyl groups is 1. The van der Waals surface area contributed by atoms with Gasteiger partial charge in [0, 0.05) is 47.5 Å². The van der Waals surface area contributed by atoms with Gasteiger partial charge in [0.05, 0.1) is 18.6 Å². The predicted molar refractivity (Wildman–Crippen MR) is 136 cm³/mol. The predicted octanol–water partition coefficient (Wildman–Crippen LogP) is 3.68. The van der Waals surface area contributed by atoms with E-state index in [1.165, 1.54) is 12.1 Å². The highest BCUT2D eigenvalue weighted by atomic mass is 16.7. The Morgan fingerprint density at radius 3 is 2.86 bits per heavy atom. The van der Waals surface area contributed by atoms with Gasteiger partial charge in [0.1, 0.15) is 11.8 Å². The molecule has 184 valence electrons. The minimum absolute atomic E-state index is 0.00799. The molecule has 5 rings (SSSR count). The molecular weight excluding hydrogens is 474 g/mol. The number of imidazole rings is 1. The summed E-state index contributed by atoms with van der Waals surface area (Å²) in [7, 11) is 0. The maximum Gasteiger partial charge on any atom is 0.511 e. The fourth-order valence-corrected chi connectivity index (χ4v) is 3.95. The SMILES string of the molecule is Cc1ccc(C(=O)Nc2cc(O)cc(-n3ccnc3)c2)cc1C#CC1CN=C2C(OC(=O)O)=CC=CN21. The van der Waals surface area contributed by atoms with E-state index in [9.17, 15) is 14.7 Å². The molecule has 0 radical (unpaired) electrons. The van der Waals surface area contributed by atoms with Crippen LogP contribution in [0.4, 0.5) is 10.5 Å². The molecule has 1 aromatic heterocycles. The normalized spacial score (nSPS) is 15.7. The number of aromatic nitrogens is 2. The third kappa shape index (κ3) is 5.06. The number of benzene rings is 2. The topological polar surface area (TPSA) is 129 Å². The Bertz CT molecular complexity index is 1540. The molecule has 3 aromatic rings. The van der Waals surface area contributed by atoms with Crippen LogP contribution in [0.5, 0.6) is 5.75 Å². The highest BCUT2D eigenvalue weighted by Gasteiger charge is 2.30. The first-order valence-electron chi connectivity index (χ1n) is 11.3. The van der Waals surface area contributed by atoms with Gasteiger partial charge in [-0.1, -0.05) is 17.9 Å². The van der Waals surface area contributed by atoms with Gasteiger partial charge >= 0.3 is 6.16 Å². The molecule has 0 aliphatic carbocycles. The molecule has 0 fully saturated rings. The lowest BCUT2D eigenvalue weighted by atomic mass is 10.0. The molecule has 2 aliphatic heterocycles. The lowest BCUT2D eigenvalue weighted by molar-refractivity contribution is 0.102. The third-order valence-corrected chi connectivity index (χ3v) is 5.74. The van der Waals surface area contributed by atoms with Crippen LogP contribution < -0.4 is 5.32 Å². The fourth-order valence-electron chi connectivity index (χ4n) is 3.95. The standard InChI is InChI=1S/C27H21N5O5/c1-17-4-5-19(26(34)30-20-12-22(14-23(33)13-20)31-10-8-28-16-31)11-18(17)6-7-21-15-29-25-24(37-27(35)36)3-2-9-32(21)25/h2-5,8-14,16,21,33H,15H2,1H3,(H,30,34)(H,35,36). The molecule has 0 saturated heterocycles. The number of rotatable bonds is 4. The number of phenols is 1. The number of carbonyl (C=O) groups excluding carboxylic acids is 1. The first kappa shape index (κ1) is 23.4. The molecule has 0 bridgehead atoms. The monoisotopic (exact) mass is 495 g/mol. The largest absolute Gasteiger partial charge is 0.511 e. The molecular formula is C27H21N5O5. The summed E-state index contributed by atoms with van der Waals surface area (Å²) in [6.45, 7) is 2.25. The van der Waals surface area contributed by atoms with Crippen molar-refractivity contribution in [2.24, 2.45) is 4.99 Å². The van der Waals surface area contributed by atoms with Crippen LogP contribution in [0.3, 0.4) is 0 Å². The number of aryl methyl sites for hydroxylation is 1. The van der Waals surface area contributed by atoms with Crippen molar-refractivity contribution in [3.63, 3.8) is 0 Å². The average Bonchev–Trinajstić information content (AvgIpc) is 3.54. The number of aliphatic imine (C=N–C) groups is 1. The number of amides is 1. The summed E-state index contributed by atoms with van der Waals surface area (Å²) in [4.78, 5) is 34.1. The van der Waals surface area contributed by atoms with Crippen LogP contribution in [0.15, 0.2) is 84.2 Å². The van der Waals surface area contributed by atoms with Crippen molar-refractivity contribution in [2.75, 3.05) is 11.9 Å². The molecule has 1 atom stereocenters. The molecule has 2 aromatic carbocycles. The minimum atomic E-state index is -1.41. The van der Waals surface area contributed by atoms with Crippen LogP contribution in [0.2, 0.25) is 0 Å². The van der Waals surface area contributed by atoms with Gasteiger partial charge in [-0.3, -0.25) is 9.79 Å². The summed E-state index contributed by atoms with van der Waals surface area (Å²) in [5.41, 5.74) is 3.06. The van der Waals surface area contributed by atoms with E-state index in [1.807, 2.05) is 13.0 Å². The van der Waals surface area contributed by atoms with Gasteiger partial charge in [0.25, 0.3) is 5.91 Å². The molecule has 1 unspecified atom stereocenters. The number of phenolic OH excluding ortho intramolecular Hbond substituents is 1. The summed E-state index contributed by atoms with van der Waals surface area (Å²) in [6, 6.07) is 9.69. The van der Waals surface area contributed by atoms with Gasteiger partial charge in [0.15, 0.2) is 11.6 Å². The number of amidine groups is 1. The van der Waals surface area contributed by atoms with Crippen molar-refractivity contribution in [2.45, 2.75) is 13.0 Å². The van der Waals surface area contributed by atoms with Crippen molar-refractivity contribution in [1.82, 2.24) is 14.5 Å². The highest BCUT2D eigenvalue weighted by molar-refractivity contribution is 6.05. The summed E-state index contributed by atoms with van der Waals surface area (Å²) in [6.07, 6.45) is 8.52. The van der Waals surface area contributed by atoms with Crippen molar-refractivity contribution in [3.8, 4) is 23.3 Å². The van der Waals surface area contributed by atoms with Gasteiger partial charge in [-0.15, -0.1) is 0 Å². The van der Waals surface area contributed by atoms with Gasteiger partial charge in [0.2, 0.25) is 0 Å². The minimum Gasteiger partial charge on any atom is -0.508 e. The van der Waals surface area contributed by atoms with E-state index >= 15 is 0 Å². The maximum atomic E-state index is 13.0. The second-order valence-corrected chi connectivity index (χ2v) is 8.29. The van der Waals surface area contributed by atoms with E-state index in [2.05, 4.69) is 27.1 Å².